The second-order valence-electron chi connectivity index (χ2n) is 5.08. The van der Waals surface area contributed by atoms with Crippen molar-refractivity contribution < 1.29 is 14.7 Å². The number of hydrogen-bond donors (Lipinski definition) is 2. The predicted octanol–water partition coefficient (Wildman–Crippen LogP) is 2.92. The second-order valence-corrected chi connectivity index (χ2v) is 6.12. The zero-order valence-corrected chi connectivity index (χ0v) is 12.9. The molecule has 20 heavy (non-hydrogen) atoms. The van der Waals surface area contributed by atoms with E-state index in [1.165, 1.54) is 0 Å². The van der Waals surface area contributed by atoms with Gasteiger partial charge in [-0.05, 0) is 38.6 Å². The summed E-state index contributed by atoms with van der Waals surface area (Å²) in [4.78, 5) is 25.6. The maximum absolute atomic E-state index is 12.2. The van der Waals surface area contributed by atoms with Gasteiger partial charge < -0.3 is 15.3 Å². The fourth-order valence-electron chi connectivity index (χ4n) is 1.77. The molecule has 0 saturated carbocycles. The summed E-state index contributed by atoms with van der Waals surface area (Å²) in [7, 11) is 0. The van der Waals surface area contributed by atoms with Gasteiger partial charge in [0.15, 0.2) is 0 Å². The molecule has 5 nitrogen and oxygen atoms in total. The third-order valence-corrected chi connectivity index (χ3v) is 3.81. The van der Waals surface area contributed by atoms with E-state index in [9.17, 15) is 9.59 Å². The van der Waals surface area contributed by atoms with E-state index < -0.39 is 5.97 Å². The van der Waals surface area contributed by atoms with Crippen LogP contribution in [0.4, 0.5) is 4.79 Å². The Labute approximate surface area is 123 Å². The third-order valence-electron chi connectivity index (χ3n) is 2.95. The number of hydrogen-bond acceptors (Lipinski definition) is 3. The summed E-state index contributed by atoms with van der Waals surface area (Å²) < 4.78 is 0. The lowest BCUT2D eigenvalue weighted by atomic mass is 10.2. The zero-order chi connectivity index (χ0) is 15.1. The third kappa shape index (κ3) is 5.61. The summed E-state index contributed by atoms with van der Waals surface area (Å²) in [5.41, 5.74) is 0. The molecule has 1 heterocycles. The molecule has 2 N–H and O–H groups in total. The van der Waals surface area contributed by atoms with E-state index in [1.54, 1.807) is 16.2 Å². The highest BCUT2D eigenvalue weighted by molar-refractivity contribution is 7.09. The first kappa shape index (κ1) is 16.5. The van der Waals surface area contributed by atoms with E-state index in [2.05, 4.69) is 5.32 Å². The van der Waals surface area contributed by atoms with Gasteiger partial charge in [0.05, 0.1) is 6.54 Å². The van der Waals surface area contributed by atoms with Crippen LogP contribution >= 0.6 is 11.3 Å². The number of urea groups is 1. The first-order valence-corrected chi connectivity index (χ1v) is 7.59. The normalized spacial score (nSPS) is 12.2. The molecule has 0 radical (unpaired) electrons. The van der Waals surface area contributed by atoms with Crippen molar-refractivity contribution >= 4 is 23.3 Å². The van der Waals surface area contributed by atoms with Crippen LogP contribution in [0.15, 0.2) is 17.5 Å². The summed E-state index contributed by atoms with van der Waals surface area (Å²) in [5.74, 6) is -0.842. The molecule has 0 aliphatic carbocycles. The zero-order valence-electron chi connectivity index (χ0n) is 12.1. The quantitative estimate of drug-likeness (QED) is 0.813. The van der Waals surface area contributed by atoms with Crippen LogP contribution in [-0.4, -0.2) is 34.1 Å². The number of nitrogens with zero attached hydrogens (tertiary/aromatic N) is 1. The van der Waals surface area contributed by atoms with Crippen LogP contribution in [0.2, 0.25) is 0 Å². The Balaban J connectivity index is 2.53. The van der Waals surface area contributed by atoms with Crippen LogP contribution in [0, 0.1) is 0 Å². The van der Waals surface area contributed by atoms with Crippen molar-refractivity contribution in [2.75, 3.05) is 0 Å². The topological polar surface area (TPSA) is 69.6 Å². The number of carboxylic acid groups (broad SMARTS) is 1. The molecule has 112 valence electrons. The van der Waals surface area contributed by atoms with Gasteiger partial charge >= 0.3 is 12.0 Å². The van der Waals surface area contributed by atoms with E-state index in [1.807, 2.05) is 38.3 Å². The molecule has 6 heteroatoms. The van der Waals surface area contributed by atoms with Crippen molar-refractivity contribution in [2.45, 2.75) is 52.2 Å². The van der Waals surface area contributed by atoms with E-state index in [0.717, 1.165) is 4.88 Å². The van der Waals surface area contributed by atoms with Gasteiger partial charge in [0.2, 0.25) is 0 Å². The lowest BCUT2D eigenvalue weighted by Gasteiger charge is -2.28. The van der Waals surface area contributed by atoms with Crippen molar-refractivity contribution in [3.05, 3.63) is 22.4 Å². The number of carboxylic acids is 1. The van der Waals surface area contributed by atoms with Crippen LogP contribution in [0.1, 0.15) is 38.5 Å². The Morgan fingerprint density at radius 1 is 1.40 bits per heavy atom. The lowest BCUT2D eigenvalue weighted by Crippen LogP contribution is -2.46. The minimum Gasteiger partial charge on any atom is -0.481 e. The standard InChI is InChI=1S/C14H22N2O3S/c1-10(2)16(9-12-5-4-8-20-12)14(19)15-11(3)6-7-13(17)18/h4-5,8,10-11H,6-7,9H2,1-3H3,(H,15,19)(H,17,18). The van der Waals surface area contributed by atoms with Crippen molar-refractivity contribution in [3.8, 4) is 0 Å². The highest BCUT2D eigenvalue weighted by Gasteiger charge is 2.19. The molecular formula is C14H22N2O3S. The van der Waals surface area contributed by atoms with Gasteiger partial charge in [0, 0.05) is 23.4 Å². The monoisotopic (exact) mass is 298 g/mol. The van der Waals surface area contributed by atoms with Crippen molar-refractivity contribution in [3.63, 3.8) is 0 Å². The SMILES string of the molecule is CC(CCC(=O)O)NC(=O)N(Cc1cccs1)C(C)C. The van der Waals surface area contributed by atoms with Crippen LogP contribution in [0.5, 0.6) is 0 Å². The van der Waals surface area contributed by atoms with Gasteiger partial charge in [0.25, 0.3) is 0 Å². The second kappa shape index (κ2) is 7.89. The molecule has 0 aliphatic heterocycles. The summed E-state index contributed by atoms with van der Waals surface area (Å²) in [5, 5.41) is 13.5. The molecule has 2 amide bonds. The van der Waals surface area contributed by atoms with Crippen molar-refractivity contribution in [2.24, 2.45) is 0 Å². The van der Waals surface area contributed by atoms with Gasteiger partial charge in [-0.2, -0.15) is 0 Å². The average Bonchev–Trinajstić information content (AvgIpc) is 2.85. The summed E-state index contributed by atoms with van der Waals surface area (Å²) in [6, 6.07) is 3.76. The average molecular weight is 298 g/mol. The number of thiophene rings is 1. The molecular weight excluding hydrogens is 276 g/mol. The molecule has 1 aromatic rings. The molecule has 1 aromatic heterocycles. The molecule has 1 atom stereocenters. The van der Waals surface area contributed by atoms with Gasteiger partial charge in [-0.25, -0.2) is 4.79 Å². The van der Waals surface area contributed by atoms with Crippen LogP contribution in [0.25, 0.3) is 0 Å². The Kier molecular flexibility index (Phi) is 6.51. The molecule has 0 aromatic carbocycles. The molecule has 0 spiro atoms. The number of carbonyl (C=O) groups is 2. The summed E-state index contributed by atoms with van der Waals surface area (Å²) >= 11 is 1.62. The summed E-state index contributed by atoms with van der Waals surface area (Å²) in [6.07, 6.45) is 0.500. The molecule has 0 fully saturated rings. The van der Waals surface area contributed by atoms with Gasteiger partial charge in [-0.1, -0.05) is 6.07 Å². The van der Waals surface area contributed by atoms with Crippen LogP contribution in [0.3, 0.4) is 0 Å². The smallest absolute Gasteiger partial charge is 0.318 e. The van der Waals surface area contributed by atoms with E-state index in [4.69, 9.17) is 5.11 Å². The predicted molar refractivity (Wildman–Crippen MR) is 79.9 cm³/mol. The van der Waals surface area contributed by atoms with E-state index in [0.29, 0.717) is 13.0 Å². The maximum atomic E-state index is 12.2. The number of carbonyl (C=O) groups excluding carboxylic acids is 1. The van der Waals surface area contributed by atoms with Gasteiger partial charge in [-0.15, -0.1) is 11.3 Å². The Bertz CT molecular complexity index is 432. The molecule has 0 saturated heterocycles. The first-order chi connectivity index (χ1) is 9.40. The Morgan fingerprint density at radius 2 is 2.10 bits per heavy atom. The van der Waals surface area contributed by atoms with Crippen molar-refractivity contribution in [1.82, 2.24) is 10.2 Å². The van der Waals surface area contributed by atoms with Crippen LogP contribution < -0.4 is 5.32 Å². The highest BCUT2D eigenvalue weighted by atomic mass is 32.1. The van der Waals surface area contributed by atoms with Gasteiger partial charge in [0.1, 0.15) is 0 Å². The molecule has 0 bridgehead atoms. The fraction of sp³-hybridized carbons (Fsp3) is 0.571. The van der Waals surface area contributed by atoms with E-state index in [-0.39, 0.29) is 24.5 Å². The summed E-state index contributed by atoms with van der Waals surface area (Å²) in [6.45, 7) is 6.33. The number of aliphatic carboxylic acids is 1. The molecule has 1 rings (SSSR count). The van der Waals surface area contributed by atoms with Crippen molar-refractivity contribution in [1.29, 1.82) is 0 Å². The first-order valence-electron chi connectivity index (χ1n) is 6.71. The Hall–Kier alpha value is -1.56. The lowest BCUT2D eigenvalue weighted by molar-refractivity contribution is -0.137. The minimum absolute atomic E-state index is 0.0635. The Morgan fingerprint density at radius 3 is 2.60 bits per heavy atom. The number of amides is 2. The van der Waals surface area contributed by atoms with Gasteiger partial charge in [-0.3, -0.25) is 4.79 Å². The number of nitrogens with one attached hydrogen (secondary N) is 1. The molecule has 1 unspecified atom stereocenters. The number of rotatable bonds is 7. The van der Waals surface area contributed by atoms with E-state index >= 15 is 0 Å². The highest BCUT2D eigenvalue weighted by Crippen LogP contribution is 2.14. The largest absolute Gasteiger partial charge is 0.481 e. The van der Waals surface area contributed by atoms with Crippen LogP contribution in [-0.2, 0) is 11.3 Å². The minimum atomic E-state index is -0.842. The fourth-order valence-corrected chi connectivity index (χ4v) is 2.47. The maximum Gasteiger partial charge on any atom is 0.318 e. The molecule has 0 aliphatic rings.